The lowest BCUT2D eigenvalue weighted by atomic mass is 10.2. The Balaban J connectivity index is 1.51. The van der Waals surface area contributed by atoms with Crippen molar-refractivity contribution >= 4 is 11.7 Å². The summed E-state index contributed by atoms with van der Waals surface area (Å²) in [5.74, 6) is 1.71. The minimum atomic E-state index is -0.377. The van der Waals surface area contributed by atoms with Crippen LogP contribution in [0.1, 0.15) is 6.42 Å². The molecule has 0 unspecified atom stereocenters. The SMILES string of the molecule is COc1ccc(NC(=O)NCCCn2nc(-c3ccco3)ccc2=O)c(OC)c1. The fourth-order valence-electron chi connectivity index (χ4n) is 2.66. The molecule has 0 aliphatic rings. The van der Waals surface area contributed by atoms with Crippen molar-refractivity contribution in [2.24, 2.45) is 0 Å². The second-order valence-electron chi connectivity index (χ2n) is 6.06. The largest absolute Gasteiger partial charge is 0.497 e. The number of benzene rings is 1. The number of nitrogens with zero attached hydrogens (tertiary/aromatic N) is 2. The summed E-state index contributed by atoms with van der Waals surface area (Å²) in [5, 5.41) is 9.76. The van der Waals surface area contributed by atoms with Crippen molar-refractivity contribution in [3.8, 4) is 23.0 Å². The quantitative estimate of drug-likeness (QED) is 0.565. The smallest absolute Gasteiger partial charge is 0.319 e. The lowest BCUT2D eigenvalue weighted by Gasteiger charge is -2.12. The fraction of sp³-hybridized carbons (Fsp3) is 0.250. The first-order valence-corrected chi connectivity index (χ1v) is 8.99. The molecule has 3 aromatic rings. The topological polar surface area (TPSA) is 108 Å². The van der Waals surface area contributed by atoms with Crippen LogP contribution in [0.4, 0.5) is 10.5 Å². The Kier molecular flexibility index (Phi) is 6.51. The van der Waals surface area contributed by atoms with Gasteiger partial charge in [0.15, 0.2) is 5.76 Å². The number of hydrogen-bond donors (Lipinski definition) is 2. The summed E-state index contributed by atoms with van der Waals surface area (Å²) in [5.41, 5.74) is 0.884. The Morgan fingerprint density at radius 2 is 2.03 bits per heavy atom. The molecule has 0 bridgehead atoms. The maximum absolute atomic E-state index is 12.1. The first-order chi connectivity index (χ1) is 14.1. The number of aromatic nitrogens is 2. The molecule has 0 fully saturated rings. The van der Waals surface area contributed by atoms with Gasteiger partial charge < -0.3 is 24.5 Å². The predicted octanol–water partition coefficient (Wildman–Crippen LogP) is 2.73. The first-order valence-electron chi connectivity index (χ1n) is 8.99. The highest BCUT2D eigenvalue weighted by Crippen LogP contribution is 2.28. The molecule has 0 radical (unpaired) electrons. The van der Waals surface area contributed by atoms with Gasteiger partial charge in [-0.15, -0.1) is 0 Å². The highest BCUT2D eigenvalue weighted by atomic mass is 16.5. The zero-order valence-electron chi connectivity index (χ0n) is 16.2. The summed E-state index contributed by atoms with van der Waals surface area (Å²) in [7, 11) is 3.07. The van der Waals surface area contributed by atoms with E-state index in [1.165, 1.54) is 17.9 Å². The van der Waals surface area contributed by atoms with Crippen LogP contribution < -0.4 is 25.7 Å². The zero-order chi connectivity index (χ0) is 20.6. The number of carbonyl (C=O) groups excluding carboxylic acids is 1. The van der Waals surface area contributed by atoms with Gasteiger partial charge in [-0.3, -0.25) is 4.79 Å². The third-order valence-electron chi connectivity index (χ3n) is 4.13. The number of carbonyl (C=O) groups is 1. The summed E-state index contributed by atoms with van der Waals surface area (Å²) >= 11 is 0. The van der Waals surface area contributed by atoms with Crippen molar-refractivity contribution < 1.29 is 18.7 Å². The number of rotatable bonds is 8. The Labute approximate surface area is 167 Å². The minimum Gasteiger partial charge on any atom is -0.497 e. The molecule has 2 heterocycles. The number of furan rings is 1. The van der Waals surface area contributed by atoms with Crippen LogP contribution in [0.3, 0.4) is 0 Å². The summed E-state index contributed by atoms with van der Waals surface area (Å²) in [6.45, 7) is 0.725. The molecule has 1 aromatic carbocycles. The van der Waals surface area contributed by atoms with E-state index >= 15 is 0 Å². The molecule has 29 heavy (non-hydrogen) atoms. The van der Waals surface area contributed by atoms with Gasteiger partial charge in [-0.25, -0.2) is 9.48 Å². The number of amides is 2. The Hall–Kier alpha value is -3.75. The maximum Gasteiger partial charge on any atom is 0.319 e. The average molecular weight is 398 g/mol. The molecule has 0 saturated carbocycles. The molecule has 0 atom stereocenters. The average Bonchev–Trinajstić information content (AvgIpc) is 3.27. The van der Waals surface area contributed by atoms with Gasteiger partial charge in [0.1, 0.15) is 17.2 Å². The molecule has 0 spiro atoms. The lowest BCUT2D eigenvalue weighted by molar-refractivity contribution is 0.251. The molecule has 152 valence electrons. The lowest BCUT2D eigenvalue weighted by Crippen LogP contribution is -2.31. The van der Waals surface area contributed by atoms with Crippen molar-refractivity contribution in [1.29, 1.82) is 0 Å². The fourth-order valence-corrected chi connectivity index (χ4v) is 2.66. The molecule has 9 heteroatoms. The number of urea groups is 1. The van der Waals surface area contributed by atoms with E-state index in [-0.39, 0.29) is 11.6 Å². The van der Waals surface area contributed by atoms with Crippen LogP contribution in [0.15, 0.2) is 57.9 Å². The third-order valence-corrected chi connectivity index (χ3v) is 4.13. The molecule has 3 rings (SSSR count). The minimum absolute atomic E-state index is 0.215. The van der Waals surface area contributed by atoms with Gasteiger partial charge in [0.2, 0.25) is 0 Å². The van der Waals surface area contributed by atoms with E-state index < -0.39 is 0 Å². The van der Waals surface area contributed by atoms with E-state index in [1.807, 2.05) is 0 Å². The highest BCUT2D eigenvalue weighted by molar-refractivity contribution is 5.91. The van der Waals surface area contributed by atoms with Crippen LogP contribution in [0.5, 0.6) is 11.5 Å². The van der Waals surface area contributed by atoms with Crippen LogP contribution in [0.2, 0.25) is 0 Å². The molecular formula is C20H22N4O5. The maximum atomic E-state index is 12.1. The summed E-state index contributed by atoms with van der Waals surface area (Å²) < 4.78 is 17.0. The Bertz CT molecular complexity index is 1010. The van der Waals surface area contributed by atoms with Gasteiger partial charge >= 0.3 is 6.03 Å². The van der Waals surface area contributed by atoms with Crippen LogP contribution in [-0.2, 0) is 6.54 Å². The highest BCUT2D eigenvalue weighted by Gasteiger charge is 2.09. The monoisotopic (exact) mass is 398 g/mol. The number of ether oxygens (including phenoxy) is 2. The van der Waals surface area contributed by atoms with Gasteiger partial charge in [-0.2, -0.15) is 5.10 Å². The number of aryl methyl sites for hydroxylation is 1. The van der Waals surface area contributed by atoms with E-state index in [0.717, 1.165) is 0 Å². The van der Waals surface area contributed by atoms with E-state index in [4.69, 9.17) is 13.9 Å². The summed E-state index contributed by atoms with van der Waals surface area (Å²) in [4.78, 5) is 24.1. The van der Waals surface area contributed by atoms with Gasteiger partial charge in [0.05, 0.1) is 26.2 Å². The predicted molar refractivity (Wildman–Crippen MR) is 107 cm³/mol. The summed E-state index contributed by atoms with van der Waals surface area (Å²) in [6, 6.07) is 11.3. The van der Waals surface area contributed by atoms with Gasteiger partial charge in [-0.05, 0) is 36.8 Å². The van der Waals surface area contributed by atoms with Crippen molar-refractivity contribution in [2.45, 2.75) is 13.0 Å². The third kappa shape index (κ3) is 5.16. The van der Waals surface area contributed by atoms with Crippen LogP contribution >= 0.6 is 0 Å². The van der Waals surface area contributed by atoms with Crippen LogP contribution in [-0.4, -0.2) is 36.6 Å². The van der Waals surface area contributed by atoms with Crippen molar-refractivity contribution in [2.75, 3.05) is 26.1 Å². The molecule has 0 aliphatic heterocycles. The molecule has 0 saturated heterocycles. The number of hydrogen-bond acceptors (Lipinski definition) is 6. The molecule has 2 aromatic heterocycles. The second kappa shape index (κ2) is 9.45. The van der Waals surface area contributed by atoms with Gasteiger partial charge in [0, 0.05) is 25.2 Å². The normalized spacial score (nSPS) is 10.4. The van der Waals surface area contributed by atoms with Crippen LogP contribution in [0, 0.1) is 0 Å². The van der Waals surface area contributed by atoms with Crippen molar-refractivity contribution in [1.82, 2.24) is 15.1 Å². The molecule has 2 amide bonds. The van der Waals surface area contributed by atoms with E-state index in [2.05, 4.69) is 15.7 Å². The Morgan fingerprint density at radius 1 is 1.17 bits per heavy atom. The first kappa shape index (κ1) is 20.0. The van der Waals surface area contributed by atoms with Gasteiger partial charge in [-0.1, -0.05) is 0 Å². The molecule has 0 aliphatic carbocycles. The van der Waals surface area contributed by atoms with E-state index in [1.54, 1.807) is 49.8 Å². The van der Waals surface area contributed by atoms with E-state index in [9.17, 15) is 9.59 Å². The second-order valence-corrected chi connectivity index (χ2v) is 6.06. The van der Waals surface area contributed by atoms with Crippen LogP contribution in [0.25, 0.3) is 11.5 Å². The van der Waals surface area contributed by atoms with Gasteiger partial charge in [0.25, 0.3) is 5.56 Å². The zero-order valence-corrected chi connectivity index (χ0v) is 16.2. The molecular weight excluding hydrogens is 376 g/mol. The summed E-state index contributed by atoms with van der Waals surface area (Å²) in [6.07, 6.45) is 2.08. The standard InChI is InChI=1S/C20H22N4O5/c1-27-14-6-7-15(18(13-14)28-2)22-20(26)21-10-4-11-24-19(25)9-8-16(23-24)17-5-3-12-29-17/h3,5-9,12-13H,4,10-11H2,1-2H3,(H2,21,22,26). The van der Waals surface area contributed by atoms with Crippen molar-refractivity contribution in [3.05, 3.63) is 59.1 Å². The molecule has 2 N–H and O–H groups in total. The number of nitrogens with one attached hydrogen (secondary N) is 2. The Morgan fingerprint density at radius 3 is 2.76 bits per heavy atom. The molecule has 9 nitrogen and oxygen atoms in total. The number of methoxy groups -OCH3 is 2. The van der Waals surface area contributed by atoms with Crippen molar-refractivity contribution in [3.63, 3.8) is 0 Å². The number of anilines is 1. The van der Waals surface area contributed by atoms with E-state index in [0.29, 0.717) is 48.2 Å².